The van der Waals surface area contributed by atoms with E-state index in [1.807, 2.05) is 24.3 Å². The Kier molecular flexibility index (Phi) is 7.93. The maximum atomic E-state index is 13.6. The van der Waals surface area contributed by atoms with E-state index in [-0.39, 0.29) is 6.61 Å². The highest BCUT2D eigenvalue weighted by molar-refractivity contribution is 7.99. The van der Waals surface area contributed by atoms with Crippen LogP contribution >= 0.6 is 23.4 Å². The number of quaternary nitrogens is 1. The molecule has 4 rings (SSSR count). The molecule has 0 radical (unpaired) electrons. The number of hydrogen-bond acceptors (Lipinski definition) is 4. The predicted octanol–water partition coefficient (Wildman–Crippen LogP) is 5.05. The van der Waals surface area contributed by atoms with Crippen LogP contribution in [0.3, 0.4) is 0 Å². The minimum Gasteiger partial charge on any atom is -0.395 e. The van der Waals surface area contributed by atoms with Gasteiger partial charge in [0.15, 0.2) is 11.4 Å². The van der Waals surface area contributed by atoms with Crippen LogP contribution in [0.4, 0.5) is 24.5 Å². The van der Waals surface area contributed by atoms with Crippen molar-refractivity contribution < 1.29 is 18.3 Å². The van der Waals surface area contributed by atoms with Gasteiger partial charge in [-0.1, -0.05) is 23.9 Å². The van der Waals surface area contributed by atoms with Crippen LogP contribution in [-0.4, -0.2) is 79.8 Å². The molecule has 0 bridgehead atoms. The molecule has 2 aromatic rings. The second kappa shape index (κ2) is 10.5. The van der Waals surface area contributed by atoms with Crippen molar-refractivity contribution in [1.29, 1.82) is 0 Å². The first kappa shape index (κ1) is 24.8. The molecule has 0 aromatic heterocycles. The fourth-order valence-electron chi connectivity index (χ4n) is 4.94. The Morgan fingerprint density at radius 1 is 0.909 bits per heavy atom. The number of aliphatic hydroxyl groups is 1. The quantitative estimate of drug-likeness (QED) is 0.405. The Morgan fingerprint density at radius 2 is 1.58 bits per heavy atom. The highest BCUT2D eigenvalue weighted by atomic mass is 35.5. The van der Waals surface area contributed by atoms with Crippen LogP contribution in [0.15, 0.2) is 52.3 Å². The van der Waals surface area contributed by atoms with E-state index in [9.17, 15) is 13.2 Å². The minimum absolute atomic E-state index is 0.176. The van der Waals surface area contributed by atoms with E-state index < -0.39 is 11.7 Å². The molecule has 1 N–H and O–H groups in total. The zero-order valence-electron chi connectivity index (χ0n) is 18.5. The van der Waals surface area contributed by atoms with Gasteiger partial charge in [0.1, 0.15) is 6.54 Å². The molecule has 0 aliphatic carbocycles. The minimum atomic E-state index is -4.39. The molecule has 1 fully saturated rings. The SMILES string of the molecule is OCCN1CCN(CCC[N+]2(CCCl)c3ccccc3Sc3ccc(C(F)(F)F)cc32)CC1. The predicted molar refractivity (Wildman–Crippen MR) is 128 cm³/mol. The zero-order valence-corrected chi connectivity index (χ0v) is 20.1. The van der Waals surface area contributed by atoms with Gasteiger partial charge in [-0.3, -0.25) is 9.38 Å². The van der Waals surface area contributed by atoms with Gasteiger partial charge in [0.2, 0.25) is 0 Å². The molecule has 180 valence electrons. The lowest BCUT2D eigenvalue weighted by molar-refractivity contribution is -0.137. The molecule has 1 atom stereocenters. The Hall–Kier alpha value is -1.29. The van der Waals surface area contributed by atoms with Gasteiger partial charge in [-0.2, -0.15) is 13.2 Å². The standard InChI is InChI=1S/C24H30ClF3N3OS/c25-8-16-31(15-3-9-29-10-12-30(13-11-29)14-17-32)20-4-1-2-5-22(20)33-23-7-6-19(18-21(23)31)24(26,27)28/h1-2,4-7,18,32H,3,8-17H2/q+1. The first-order valence-corrected chi connectivity index (χ1v) is 12.7. The molecule has 0 saturated carbocycles. The number of piperazine rings is 1. The van der Waals surface area contributed by atoms with E-state index in [1.54, 1.807) is 6.07 Å². The lowest BCUT2D eigenvalue weighted by Crippen LogP contribution is -2.51. The van der Waals surface area contributed by atoms with Crippen LogP contribution in [0, 0.1) is 0 Å². The Balaban J connectivity index is 1.61. The van der Waals surface area contributed by atoms with Gasteiger partial charge in [-0.25, -0.2) is 0 Å². The van der Waals surface area contributed by atoms with Gasteiger partial charge in [0.05, 0.1) is 34.4 Å². The molecule has 0 amide bonds. The smallest absolute Gasteiger partial charge is 0.395 e. The molecular formula is C24H30ClF3N3OS+. The topological polar surface area (TPSA) is 26.7 Å². The van der Waals surface area contributed by atoms with Crippen LogP contribution in [0.1, 0.15) is 12.0 Å². The molecule has 1 saturated heterocycles. The molecule has 1 unspecified atom stereocenters. The number of fused-ring (bicyclic) bond motifs is 2. The number of para-hydroxylation sites is 1. The maximum Gasteiger partial charge on any atom is 0.416 e. The first-order valence-electron chi connectivity index (χ1n) is 11.4. The van der Waals surface area contributed by atoms with Crippen molar-refractivity contribution in [3.8, 4) is 0 Å². The largest absolute Gasteiger partial charge is 0.416 e. The molecule has 33 heavy (non-hydrogen) atoms. The lowest BCUT2D eigenvalue weighted by Gasteiger charge is -2.43. The monoisotopic (exact) mass is 500 g/mol. The van der Waals surface area contributed by atoms with Crippen LogP contribution < -0.4 is 4.48 Å². The first-order chi connectivity index (χ1) is 15.9. The van der Waals surface area contributed by atoms with Crippen molar-refractivity contribution in [2.24, 2.45) is 0 Å². The van der Waals surface area contributed by atoms with Gasteiger partial charge in [-0.15, -0.1) is 11.6 Å². The van der Waals surface area contributed by atoms with Crippen molar-refractivity contribution >= 4 is 34.7 Å². The van der Waals surface area contributed by atoms with Crippen molar-refractivity contribution in [2.45, 2.75) is 22.4 Å². The van der Waals surface area contributed by atoms with E-state index in [0.717, 1.165) is 54.6 Å². The molecule has 2 aliphatic rings. The van der Waals surface area contributed by atoms with Gasteiger partial charge in [-0.05, 0) is 18.2 Å². The van der Waals surface area contributed by atoms with Gasteiger partial charge in [0.25, 0.3) is 0 Å². The maximum absolute atomic E-state index is 13.6. The normalized spacial score (nSPS) is 21.6. The second-order valence-corrected chi connectivity index (χ2v) is 10.1. The number of nitrogens with zero attached hydrogens (tertiary/aromatic N) is 3. The summed E-state index contributed by atoms with van der Waals surface area (Å²) < 4.78 is 41.2. The van der Waals surface area contributed by atoms with Crippen LogP contribution in [-0.2, 0) is 6.18 Å². The van der Waals surface area contributed by atoms with Crippen molar-refractivity contribution in [2.75, 3.05) is 64.8 Å². The van der Waals surface area contributed by atoms with Crippen LogP contribution in [0.25, 0.3) is 0 Å². The summed E-state index contributed by atoms with van der Waals surface area (Å²) in [6.07, 6.45) is -3.53. The van der Waals surface area contributed by atoms with Crippen molar-refractivity contribution in [3.63, 3.8) is 0 Å². The van der Waals surface area contributed by atoms with Gasteiger partial charge >= 0.3 is 6.18 Å². The summed E-state index contributed by atoms with van der Waals surface area (Å²) in [5, 5.41) is 9.14. The van der Waals surface area contributed by atoms with Gasteiger partial charge < -0.3 is 10.0 Å². The summed E-state index contributed by atoms with van der Waals surface area (Å²) in [7, 11) is 0. The Labute approximate surface area is 202 Å². The van der Waals surface area contributed by atoms with E-state index in [1.165, 1.54) is 23.9 Å². The third-order valence-corrected chi connectivity index (χ3v) is 7.95. The number of hydrogen-bond donors (Lipinski definition) is 1. The fourth-order valence-corrected chi connectivity index (χ4v) is 6.43. The van der Waals surface area contributed by atoms with Crippen molar-refractivity contribution in [3.05, 3.63) is 48.0 Å². The average molecular weight is 501 g/mol. The highest BCUT2D eigenvalue weighted by Gasteiger charge is 2.43. The molecule has 2 aromatic carbocycles. The Morgan fingerprint density at radius 3 is 2.24 bits per heavy atom. The second-order valence-electron chi connectivity index (χ2n) is 8.61. The third kappa shape index (κ3) is 5.36. The summed E-state index contributed by atoms with van der Waals surface area (Å²) in [4.78, 5) is 6.60. The third-order valence-electron chi connectivity index (χ3n) is 6.66. The average Bonchev–Trinajstić information content (AvgIpc) is 2.80. The summed E-state index contributed by atoms with van der Waals surface area (Å²) in [5.41, 5.74) is 1.11. The molecule has 2 aliphatic heterocycles. The van der Waals surface area contributed by atoms with Crippen LogP contribution in [0.5, 0.6) is 0 Å². The number of rotatable bonds is 8. The summed E-state index contributed by atoms with van der Waals surface area (Å²) >= 11 is 7.81. The van der Waals surface area contributed by atoms with E-state index in [4.69, 9.17) is 16.7 Å². The molecule has 9 heteroatoms. The number of alkyl halides is 4. The molecule has 0 spiro atoms. The number of aliphatic hydroxyl groups excluding tert-OH is 1. The zero-order chi connectivity index (χ0) is 23.5. The summed E-state index contributed by atoms with van der Waals surface area (Å²) in [6.45, 7) is 6.74. The summed E-state index contributed by atoms with van der Waals surface area (Å²) in [6, 6.07) is 12.1. The molecular weight excluding hydrogens is 471 g/mol. The highest BCUT2D eigenvalue weighted by Crippen LogP contribution is 2.53. The Bertz CT molecular complexity index is 953. The van der Waals surface area contributed by atoms with E-state index in [0.29, 0.717) is 35.7 Å². The molecule has 2 heterocycles. The molecule has 4 nitrogen and oxygen atoms in total. The summed E-state index contributed by atoms with van der Waals surface area (Å²) in [5.74, 6) is 0.356. The van der Waals surface area contributed by atoms with Gasteiger partial charge in [0, 0.05) is 57.8 Å². The number of β-amino-alcohol motifs (C(OH)–C–C–N with tert-alkyl or cyclic N) is 1. The van der Waals surface area contributed by atoms with E-state index in [2.05, 4.69) is 9.80 Å². The fraction of sp³-hybridized carbons (Fsp3) is 0.500. The lowest BCUT2D eigenvalue weighted by atomic mass is 10.1. The van der Waals surface area contributed by atoms with Crippen molar-refractivity contribution in [1.82, 2.24) is 14.3 Å². The number of benzene rings is 2. The van der Waals surface area contributed by atoms with E-state index >= 15 is 0 Å². The van der Waals surface area contributed by atoms with Crippen LogP contribution in [0.2, 0.25) is 0 Å². The number of halogens is 4.